The summed E-state index contributed by atoms with van der Waals surface area (Å²) in [6.07, 6.45) is 5.97. The molecule has 0 aliphatic heterocycles. The van der Waals surface area contributed by atoms with Crippen molar-refractivity contribution < 1.29 is 9.90 Å². The Kier molecular flexibility index (Phi) is 7.18. The second-order valence-electron chi connectivity index (χ2n) is 7.55. The van der Waals surface area contributed by atoms with Gasteiger partial charge in [-0.1, -0.05) is 20.8 Å². The van der Waals surface area contributed by atoms with E-state index in [1.165, 1.54) is 0 Å². The summed E-state index contributed by atoms with van der Waals surface area (Å²) in [5, 5.41) is 8.77. The summed E-state index contributed by atoms with van der Waals surface area (Å²) < 4.78 is 0. The summed E-state index contributed by atoms with van der Waals surface area (Å²) in [7, 11) is 2.12. The number of rotatable bonds is 7. The molecule has 1 aliphatic carbocycles. The van der Waals surface area contributed by atoms with E-state index in [-0.39, 0.29) is 12.5 Å². The molecule has 0 radical (unpaired) electrons. The number of hydrogen-bond donors (Lipinski definition) is 1. The van der Waals surface area contributed by atoms with E-state index < -0.39 is 0 Å². The Morgan fingerprint density at radius 2 is 1.95 bits per heavy atom. The lowest BCUT2D eigenvalue weighted by Crippen LogP contribution is -2.38. The van der Waals surface area contributed by atoms with Gasteiger partial charge in [-0.3, -0.25) is 4.79 Å². The molecule has 20 heavy (non-hydrogen) atoms. The Balaban J connectivity index is 2.38. The maximum atomic E-state index is 12.1. The highest BCUT2D eigenvalue weighted by Crippen LogP contribution is 2.39. The highest BCUT2D eigenvalue weighted by molar-refractivity contribution is 5.82. The first-order valence-corrected chi connectivity index (χ1v) is 8.16. The predicted molar refractivity (Wildman–Crippen MR) is 83.7 cm³/mol. The molecule has 0 aromatic heterocycles. The van der Waals surface area contributed by atoms with Crippen LogP contribution < -0.4 is 0 Å². The van der Waals surface area contributed by atoms with Gasteiger partial charge in [0, 0.05) is 25.5 Å². The van der Waals surface area contributed by atoms with Crippen molar-refractivity contribution in [3.63, 3.8) is 0 Å². The van der Waals surface area contributed by atoms with Crippen LogP contribution in [0.2, 0.25) is 0 Å². The molecule has 0 aromatic carbocycles. The number of aliphatic hydroxyl groups is 1. The van der Waals surface area contributed by atoms with Crippen molar-refractivity contribution in [3.05, 3.63) is 0 Å². The molecule has 0 bridgehead atoms. The van der Waals surface area contributed by atoms with E-state index in [2.05, 4.69) is 32.7 Å². The minimum atomic E-state index is 0.232. The molecule has 0 spiro atoms. The van der Waals surface area contributed by atoms with Gasteiger partial charge >= 0.3 is 0 Å². The molecule has 2 atom stereocenters. The summed E-state index contributed by atoms with van der Waals surface area (Å²) in [6.45, 7) is 9.11. The van der Waals surface area contributed by atoms with Gasteiger partial charge in [-0.25, -0.2) is 0 Å². The van der Waals surface area contributed by atoms with Gasteiger partial charge in [0.2, 0.25) is 0 Å². The Morgan fingerprint density at radius 1 is 1.25 bits per heavy atom. The highest BCUT2D eigenvalue weighted by Gasteiger charge is 2.35. The van der Waals surface area contributed by atoms with Gasteiger partial charge in [-0.2, -0.15) is 0 Å². The summed E-state index contributed by atoms with van der Waals surface area (Å²) in [6, 6.07) is 0. The number of ketones is 1. The zero-order chi connectivity index (χ0) is 15.2. The zero-order valence-corrected chi connectivity index (χ0v) is 13.8. The van der Waals surface area contributed by atoms with Crippen LogP contribution in [0.25, 0.3) is 0 Å². The number of carbonyl (C=O) groups is 1. The van der Waals surface area contributed by atoms with Crippen molar-refractivity contribution in [1.29, 1.82) is 0 Å². The summed E-state index contributed by atoms with van der Waals surface area (Å²) in [5.74, 6) is 1.37. The molecule has 2 unspecified atom stereocenters. The van der Waals surface area contributed by atoms with E-state index in [0.29, 0.717) is 17.1 Å². The van der Waals surface area contributed by atoms with Gasteiger partial charge in [0.1, 0.15) is 5.78 Å². The maximum Gasteiger partial charge on any atom is 0.137 e. The molecule has 0 saturated heterocycles. The molecule has 0 amide bonds. The van der Waals surface area contributed by atoms with Crippen LogP contribution in [0.4, 0.5) is 0 Å². The molecular weight excluding hydrogens is 250 g/mol. The molecular formula is C17H33NO2. The van der Waals surface area contributed by atoms with Crippen molar-refractivity contribution >= 4 is 5.78 Å². The van der Waals surface area contributed by atoms with E-state index in [1.807, 2.05) is 0 Å². The van der Waals surface area contributed by atoms with Crippen LogP contribution in [-0.4, -0.2) is 42.5 Å². The molecule has 1 saturated carbocycles. The fourth-order valence-electron chi connectivity index (χ4n) is 3.21. The Bertz CT molecular complexity index is 296. The lowest BCUT2D eigenvalue weighted by Gasteiger charge is -2.38. The van der Waals surface area contributed by atoms with Crippen molar-refractivity contribution in [2.45, 2.75) is 59.3 Å². The van der Waals surface area contributed by atoms with Crippen LogP contribution in [-0.2, 0) is 4.79 Å². The SMILES string of the molecule is CN(CCCCCO)CC1CC(C(C)(C)C)CCC1=O. The van der Waals surface area contributed by atoms with Crippen LogP contribution >= 0.6 is 0 Å². The molecule has 118 valence electrons. The van der Waals surface area contributed by atoms with Crippen LogP contribution in [0, 0.1) is 17.3 Å². The van der Waals surface area contributed by atoms with Crippen molar-refractivity contribution in [2.75, 3.05) is 26.7 Å². The minimum absolute atomic E-state index is 0.232. The van der Waals surface area contributed by atoms with Gasteiger partial charge < -0.3 is 10.0 Å². The van der Waals surface area contributed by atoms with Crippen molar-refractivity contribution in [1.82, 2.24) is 4.90 Å². The molecule has 3 heteroatoms. The Labute approximate surface area is 124 Å². The normalized spacial score (nSPS) is 24.4. The molecule has 1 rings (SSSR count). The van der Waals surface area contributed by atoms with E-state index in [0.717, 1.165) is 51.6 Å². The first-order valence-electron chi connectivity index (χ1n) is 8.16. The summed E-state index contributed by atoms with van der Waals surface area (Å²) in [5.41, 5.74) is 0.318. The molecule has 1 N–H and O–H groups in total. The summed E-state index contributed by atoms with van der Waals surface area (Å²) >= 11 is 0. The third-order valence-corrected chi connectivity index (χ3v) is 4.72. The topological polar surface area (TPSA) is 40.5 Å². The van der Waals surface area contributed by atoms with Gasteiger partial charge in [-0.05, 0) is 57.0 Å². The third kappa shape index (κ3) is 5.92. The molecule has 3 nitrogen and oxygen atoms in total. The largest absolute Gasteiger partial charge is 0.396 e. The number of hydrogen-bond acceptors (Lipinski definition) is 3. The van der Waals surface area contributed by atoms with Crippen LogP contribution in [0.15, 0.2) is 0 Å². The number of carbonyl (C=O) groups excluding carboxylic acids is 1. The highest BCUT2D eigenvalue weighted by atomic mass is 16.2. The lowest BCUT2D eigenvalue weighted by molar-refractivity contribution is -0.127. The van der Waals surface area contributed by atoms with Gasteiger partial charge in [0.25, 0.3) is 0 Å². The van der Waals surface area contributed by atoms with Crippen molar-refractivity contribution in [2.24, 2.45) is 17.3 Å². The standard InChI is InChI=1S/C17H33NO2/c1-17(2,3)15-8-9-16(20)14(12-15)13-18(4)10-6-5-7-11-19/h14-15,19H,5-13H2,1-4H3. The third-order valence-electron chi connectivity index (χ3n) is 4.72. The minimum Gasteiger partial charge on any atom is -0.396 e. The van der Waals surface area contributed by atoms with Gasteiger partial charge in [0.15, 0.2) is 0 Å². The second kappa shape index (κ2) is 8.14. The number of Topliss-reactive ketones (excluding diaryl/α,β-unsaturated/α-hetero) is 1. The second-order valence-corrected chi connectivity index (χ2v) is 7.55. The van der Waals surface area contributed by atoms with E-state index in [1.54, 1.807) is 0 Å². The lowest BCUT2D eigenvalue weighted by atomic mass is 9.68. The first kappa shape index (κ1) is 17.6. The first-order chi connectivity index (χ1) is 9.34. The molecule has 0 aromatic rings. The van der Waals surface area contributed by atoms with E-state index >= 15 is 0 Å². The van der Waals surface area contributed by atoms with Crippen LogP contribution in [0.5, 0.6) is 0 Å². The average Bonchev–Trinajstić information content (AvgIpc) is 2.36. The molecule has 1 fully saturated rings. The smallest absolute Gasteiger partial charge is 0.137 e. The van der Waals surface area contributed by atoms with Gasteiger partial charge in [0.05, 0.1) is 0 Å². The van der Waals surface area contributed by atoms with Crippen molar-refractivity contribution in [3.8, 4) is 0 Å². The number of aliphatic hydroxyl groups excluding tert-OH is 1. The predicted octanol–water partition coefficient (Wildman–Crippen LogP) is 3.11. The fraction of sp³-hybridized carbons (Fsp3) is 0.941. The van der Waals surface area contributed by atoms with Crippen LogP contribution in [0.1, 0.15) is 59.3 Å². The maximum absolute atomic E-state index is 12.1. The molecule has 1 aliphatic rings. The van der Waals surface area contributed by atoms with E-state index in [9.17, 15) is 4.79 Å². The Morgan fingerprint density at radius 3 is 2.55 bits per heavy atom. The summed E-state index contributed by atoms with van der Waals surface area (Å²) in [4.78, 5) is 14.4. The number of unbranched alkanes of at least 4 members (excludes halogenated alkanes) is 2. The van der Waals surface area contributed by atoms with E-state index in [4.69, 9.17) is 5.11 Å². The average molecular weight is 283 g/mol. The zero-order valence-electron chi connectivity index (χ0n) is 13.8. The Hall–Kier alpha value is -0.410. The molecule has 0 heterocycles. The quantitative estimate of drug-likeness (QED) is 0.730. The monoisotopic (exact) mass is 283 g/mol. The van der Waals surface area contributed by atoms with Gasteiger partial charge in [-0.15, -0.1) is 0 Å². The number of nitrogens with zero attached hydrogens (tertiary/aromatic N) is 1. The van der Waals surface area contributed by atoms with Crippen LogP contribution in [0.3, 0.4) is 0 Å². The fourth-order valence-corrected chi connectivity index (χ4v) is 3.21.